The average Bonchev–Trinajstić information content (AvgIpc) is 2.74. The molecule has 1 aromatic heterocycles. The molecule has 0 saturated carbocycles. The Balaban J connectivity index is 1.92. The van der Waals surface area contributed by atoms with Crippen LogP contribution < -0.4 is 14.4 Å². The van der Waals surface area contributed by atoms with Crippen molar-refractivity contribution in [2.45, 2.75) is 13.5 Å². The summed E-state index contributed by atoms with van der Waals surface area (Å²) in [5.41, 5.74) is 2.94. The fourth-order valence-corrected chi connectivity index (χ4v) is 3.39. The summed E-state index contributed by atoms with van der Waals surface area (Å²) < 4.78 is 30.4. The summed E-state index contributed by atoms with van der Waals surface area (Å²) in [6, 6.07) is 15.4. The van der Waals surface area contributed by atoms with Gasteiger partial charge in [-0.2, -0.15) is 0 Å². The van der Waals surface area contributed by atoms with Crippen molar-refractivity contribution >= 4 is 28.2 Å². The lowest BCUT2D eigenvalue weighted by atomic mass is 10.1. The number of methoxy groups -OCH3 is 1. The van der Waals surface area contributed by atoms with Crippen molar-refractivity contribution < 1.29 is 17.9 Å². The Kier molecular flexibility index (Phi) is 6.46. The number of carbonyl (C=O) groups excluding carboxylic acids is 1. The molecule has 3 rings (SSSR count). The molecule has 2 aromatic carbocycles. The van der Waals surface area contributed by atoms with Gasteiger partial charge in [-0.25, -0.2) is 12.7 Å². The number of carbonyl (C=O) groups is 1. The molecule has 8 heteroatoms. The Morgan fingerprint density at radius 1 is 1.10 bits per heavy atom. The van der Waals surface area contributed by atoms with Crippen molar-refractivity contribution in [3.63, 3.8) is 0 Å². The molecule has 0 unspecified atom stereocenters. The van der Waals surface area contributed by atoms with Crippen LogP contribution in [0.15, 0.2) is 67.0 Å². The molecule has 1 N–H and O–H groups in total. The van der Waals surface area contributed by atoms with Gasteiger partial charge in [-0.15, -0.1) is 0 Å². The normalized spacial score (nSPS) is 10.6. The van der Waals surface area contributed by atoms with Crippen LogP contribution in [0.25, 0.3) is 0 Å². The van der Waals surface area contributed by atoms with E-state index in [-0.39, 0.29) is 11.5 Å². The van der Waals surface area contributed by atoms with Gasteiger partial charge in [-0.1, -0.05) is 23.8 Å². The molecule has 3 aromatic rings. The van der Waals surface area contributed by atoms with Gasteiger partial charge in [-0.3, -0.25) is 9.78 Å². The predicted octanol–water partition coefficient (Wildman–Crippen LogP) is 2.99. The van der Waals surface area contributed by atoms with Crippen LogP contribution in [0.3, 0.4) is 0 Å². The number of nitrogens with zero attached hydrogens (tertiary/aromatic N) is 2. The van der Waals surface area contributed by atoms with E-state index in [0.29, 0.717) is 23.7 Å². The lowest BCUT2D eigenvalue weighted by molar-refractivity contribution is 0.0950. The van der Waals surface area contributed by atoms with Gasteiger partial charge in [0, 0.05) is 30.6 Å². The largest absolute Gasteiger partial charge is 0.497 e. The minimum atomic E-state index is -2.98. The maximum atomic E-state index is 12.7. The van der Waals surface area contributed by atoms with Crippen LogP contribution in [-0.4, -0.2) is 26.4 Å². The first-order chi connectivity index (χ1) is 14.0. The van der Waals surface area contributed by atoms with Crippen molar-refractivity contribution in [1.29, 1.82) is 0 Å². The Labute approximate surface area is 171 Å². The van der Waals surface area contributed by atoms with Gasteiger partial charge in [0.05, 0.1) is 18.5 Å². The van der Waals surface area contributed by atoms with Gasteiger partial charge < -0.3 is 10.1 Å². The zero-order valence-electron chi connectivity index (χ0n) is 16.0. The van der Waals surface area contributed by atoms with E-state index in [1.165, 1.54) is 13.2 Å². The van der Waals surface area contributed by atoms with E-state index in [1.54, 1.807) is 42.7 Å². The minimum Gasteiger partial charge on any atom is -0.497 e. The van der Waals surface area contributed by atoms with Crippen LogP contribution in [-0.2, 0) is 17.4 Å². The smallest absolute Gasteiger partial charge is 0.251 e. The van der Waals surface area contributed by atoms with Crippen molar-refractivity contribution in [3.8, 4) is 5.75 Å². The molecule has 0 aliphatic rings. The number of amides is 1. The number of benzene rings is 2. The van der Waals surface area contributed by atoms with Gasteiger partial charge in [0.15, 0.2) is 0 Å². The van der Waals surface area contributed by atoms with Gasteiger partial charge in [0.25, 0.3) is 5.91 Å². The first-order valence-corrected chi connectivity index (χ1v) is 9.98. The van der Waals surface area contributed by atoms with Gasteiger partial charge in [-0.05, 0) is 42.8 Å². The van der Waals surface area contributed by atoms with Crippen molar-refractivity contribution in [1.82, 2.24) is 10.3 Å². The summed E-state index contributed by atoms with van der Waals surface area (Å²) >= 11 is 0. The summed E-state index contributed by atoms with van der Waals surface area (Å²) in [4.78, 5) is 16.7. The molecule has 1 amide bonds. The molecule has 0 spiro atoms. The van der Waals surface area contributed by atoms with Gasteiger partial charge >= 0.3 is 0 Å². The number of rotatable bonds is 7. The number of anilines is 2. The minimum absolute atomic E-state index is 0.289. The van der Waals surface area contributed by atoms with E-state index in [1.807, 2.05) is 25.1 Å². The van der Waals surface area contributed by atoms with Crippen LogP contribution in [0.2, 0.25) is 0 Å². The molecule has 29 heavy (non-hydrogen) atoms. The van der Waals surface area contributed by atoms with Crippen LogP contribution in [0.1, 0.15) is 21.5 Å². The molecule has 0 aliphatic heterocycles. The molecular formula is C21H21N3O4S. The zero-order chi connectivity index (χ0) is 20.8. The summed E-state index contributed by atoms with van der Waals surface area (Å²) in [5.74, 6) is 0.0296. The van der Waals surface area contributed by atoms with Crippen molar-refractivity contribution in [2.24, 2.45) is 0 Å². The average molecular weight is 411 g/mol. The lowest BCUT2D eigenvalue weighted by Gasteiger charge is -2.20. The number of pyridine rings is 1. The van der Waals surface area contributed by atoms with E-state index in [4.69, 9.17) is 4.74 Å². The number of ether oxygens (including phenoxy) is 1. The Morgan fingerprint density at radius 3 is 2.48 bits per heavy atom. The molecule has 0 fully saturated rings. The first kappa shape index (κ1) is 20.3. The SMILES string of the molecule is COc1cc(C(=O)NCc2cccnc2)cc(N(c2ccc(C)cc2)[SH](=O)=O)c1. The van der Waals surface area contributed by atoms with Crippen molar-refractivity contribution in [2.75, 3.05) is 11.4 Å². The zero-order valence-corrected chi connectivity index (χ0v) is 16.9. The van der Waals surface area contributed by atoms with Crippen LogP contribution in [0.4, 0.5) is 11.4 Å². The molecule has 0 radical (unpaired) electrons. The van der Waals surface area contributed by atoms with Crippen LogP contribution >= 0.6 is 0 Å². The van der Waals surface area contributed by atoms with Crippen LogP contribution in [0, 0.1) is 6.92 Å². The van der Waals surface area contributed by atoms with E-state index < -0.39 is 10.9 Å². The number of aromatic nitrogens is 1. The van der Waals surface area contributed by atoms with Gasteiger partial charge in [0.2, 0.25) is 10.9 Å². The Morgan fingerprint density at radius 2 is 1.86 bits per heavy atom. The molecule has 0 aliphatic carbocycles. The van der Waals surface area contributed by atoms with E-state index in [0.717, 1.165) is 15.4 Å². The number of aryl methyl sites for hydroxylation is 1. The quantitative estimate of drug-likeness (QED) is 0.584. The fourth-order valence-electron chi connectivity index (χ4n) is 2.77. The Hall–Kier alpha value is -3.39. The standard InChI is InChI=1S/C21H21N3O4S/c1-15-5-7-18(8-6-15)24(29(26)27)19-10-17(11-20(12-19)28-2)21(25)23-14-16-4-3-9-22-13-16/h3-13,29H,14H2,1-2H3,(H,23,25). The monoisotopic (exact) mass is 411 g/mol. The van der Waals surface area contributed by atoms with Crippen LogP contribution in [0.5, 0.6) is 5.75 Å². The van der Waals surface area contributed by atoms with Gasteiger partial charge in [0.1, 0.15) is 5.75 Å². The number of hydrogen-bond donors (Lipinski definition) is 2. The molecule has 0 bridgehead atoms. The summed E-state index contributed by atoms with van der Waals surface area (Å²) in [7, 11) is -1.52. The van der Waals surface area contributed by atoms with E-state index in [9.17, 15) is 13.2 Å². The third-order valence-corrected chi connectivity index (χ3v) is 5.04. The number of nitrogens with one attached hydrogen (secondary N) is 1. The second kappa shape index (κ2) is 9.20. The first-order valence-electron chi connectivity index (χ1n) is 8.85. The second-order valence-corrected chi connectivity index (χ2v) is 7.22. The van der Waals surface area contributed by atoms with E-state index in [2.05, 4.69) is 10.3 Å². The van der Waals surface area contributed by atoms with Crippen molar-refractivity contribution in [3.05, 3.63) is 83.7 Å². The molecule has 0 saturated heterocycles. The summed E-state index contributed by atoms with van der Waals surface area (Å²) in [6.45, 7) is 2.22. The number of hydrogen-bond acceptors (Lipinski definition) is 5. The highest BCUT2D eigenvalue weighted by atomic mass is 32.2. The lowest BCUT2D eigenvalue weighted by Crippen LogP contribution is -2.23. The summed E-state index contributed by atoms with van der Waals surface area (Å²) in [6.07, 6.45) is 3.32. The topological polar surface area (TPSA) is 88.6 Å². The summed E-state index contributed by atoms with van der Waals surface area (Å²) in [5, 5.41) is 2.81. The van der Waals surface area contributed by atoms with E-state index >= 15 is 0 Å². The Bertz CT molecular complexity index is 1060. The maximum absolute atomic E-state index is 12.7. The number of thiol groups is 1. The second-order valence-electron chi connectivity index (χ2n) is 6.35. The highest BCUT2D eigenvalue weighted by Gasteiger charge is 2.17. The molecular weight excluding hydrogens is 390 g/mol. The molecule has 7 nitrogen and oxygen atoms in total. The maximum Gasteiger partial charge on any atom is 0.251 e. The molecule has 150 valence electrons. The fraction of sp³-hybridized carbons (Fsp3) is 0.143. The predicted molar refractivity (Wildman–Crippen MR) is 112 cm³/mol. The third kappa shape index (κ3) is 5.11. The molecule has 0 atom stereocenters. The molecule has 1 heterocycles. The third-order valence-electron chi connectivity index (χ3n) is 4.25. The highest BCUT2D eigenvalue weighted by molar-refractivity contribution is 7.74. The highest BCUT2D eigenvalue weighted by Crippen LogP contribution is 2.30.